The van der Waals surface area contributed by atoms with Crippen LogP contribution in [0.15, 0.2) is 0 Å². The number of hydrogen-bond donors (Lipinski definition) is 0. The maximum Gasteiger partial charge on any atom is 0.00211 e. The Hall–Kier alpha value is 0.350. The molecule has 61 valence electrons. The van der Waals surface area contributed by atoms with Gasteiger partial charge in [0.15, 0.2) is 0 Å². The molecule has 0 spiro atoms. The van der Waals surface area contributed by atoms with Gasteiger partial charge < -0.3 is 0 Å². The van der Waals surface area contributed by atoms with Crippen molar-refractivity contribution in [2.75, 3.05) is 5.75 Å². The molecule has 1 radical (unpaired) electrons. The minimum atomic E-state index is 0.821. The van der Waals surface area contributed by atoms with E-state index in [1.54, 1.807) is 0 Å². The first kappa shape index (κ1) is 10.3. The van der Waals surface area contributed by atoms with Crippen molar-refractivity contribution in [3.8, 4) is 0 Å². The van der Waals surface area contributed by atoms with Crippen LogP contribution in [-0.2, 0) is 0 Å². The molecular weight excluding hydrogens is 140 g/mol. The Morgan fingerprint density at radius 3 is 2.30 bits per heavy atom. The first-order valence-electron chi connectivity index (χ1n) is 4.07. The molecule has 1 unspecified atom stereocenters. The number of hydrogen-bond acceptors (Lipinski definition) is 1. The van der Waals surface area contributed by atoms with Gasteiger partial charge in [0, 0.05) is 5.25 Å². The highest BCUT2D eigenvalue weighted by molar-refractivity contribution is 7.99. The Balaban J connectivity index is 3.16. The average molecular weight is 159 g/mol. The van der Waals surface area contributed by atoms with E-state index in [1.165, 1.54) is 12.2 Å². The van der Waals surface area contributed by atoms with E-state index in [-0.39, 0.29) is 0 Å². The zero-order valence-corrected chi connectivity index (χ0v) is 8.21. The topological polar surface area (TPSA) is 0 Å². The second-order valence-corrected chi connectivity index (χ2v) is 4.71. The minimum Gasteiger partial charge on any atom is -0.159 e. The molecular formula is C9H19S. The molecule has 0 saturated carbocycles. The van der Waals surface area contributed by atoms with Crippen LogP contribution in [0.2, 0.25) is 0 Å². The lowest BCUT2D eigenvalue weighted by molar-refractivity contribution is 0.585. The van der Waals surface area contributed by atoms with Gasteiger partial charge in [0.1, 0.15) is 0 Å². The Labute approximate surface area is 69.8 Å². The van der Waals surface area contributed by atoms with Crippen molar-refractivity contribution in [1.82, 2.24) is 0 Å². The molecule has 0 rings (SSSR count). The summed E-state index contributed by atoms with van der Waals surface area (Å²) in [4.78, 5) is 0. The maximum absolute atomic E-state index is 3.82. The van der Waals surface area contributed by atoms with Crippen LogP contribution in [0, 0.1) is 12.8 Å². The van der Waals surface area contributed by atoms with E-state index < -0.39 is 0 Å². The van der Waals surface area contributed by atoms with Gasteiger partial charge in [-0.1, -0.05) is 27.7 Å². The predicted octanol–water partition coefficient (Wildman–Crippen LogP) is 3.38. The molecule has 1 atom stereocenters. The van der Waals surface area contributed by atoms with E-state index in [0.717, 1.165) is 17.6 Å². The van der Waals surface area contributed by atoms with Gasteiger partial charge in [0.05, 0.1) is 0 Å². The molecule has 0 saturated heterocycles. The Morgan fingerprint density at radius 2 is 1.90 bits per heavy atom. The van der Waals surface area contributed by atoms with Gasteiger partial charge in [-0.15, -0.1) is 0 Å². The van der Waals surface area contributed by atoms with Crippen LogP contribution in [0.4, 0.5) is 0 Å². The van der Waals surface area contributed by atoms with Crippen LogP contribution in [0.1, 0.15) is 33.6 Å². The molecule has 0 aliphatic carbocycles. The smallest absolute Gasteiger partial charge is 0.00211 e. The number of thioether (sulfide) groups is 1. The summed E-state index contributed by atoms with van der Waals surface area (Å²) in [6.07, 6.45) is 2.40. The SMILES string of the molecule is [CH2]CCSC(C)CC(C)C. The van der Waals surface area contributed by atoms with E-state index in [4.69, 9.17) is 0 Å². The highest BCUT2D eigenvalue weighted by Gasteiger charge is 2.03. The quantitative estimate of drug-likeness (QED) is 0.592. The molecule has 0 bridgehead atoms. The first-order valence-corrected chi connectivity index (χ1v) is 5.12. The largest absolute Gasteiger partial charge is 0.159 e. The summed E-state index contributed by atoms with van der Waals surface area (Å²) in [5, 5.41) is 0.821. The van der Waals surface area contributed by atoms with Crippen molar-refractivity contribution in [2.24, 2.45) is 5.92 Å². The van der Waals surface area contributed by atoms with E-state index in [1.807, 2.05) is 11.8 Å². The molecule has 0 aliphatic heterocycles. The average Bonchev–Trinajstić information content (AvgIpc) is 1.82. The Bertz CT molecular complexity index is 69.1. The van der Waals surface area contributed by atoms with Crippen molar-refractivity contribution < 1.29 is 0 Å². The van der Waals surface area contributed by atoms with Crippen molar-refractivity contribution in [1.29, 1.82) is 0 Å². The molecule has 0 nitrogen and oxygen atoms in total. The normalized spacial score (nSPS) is 14.1. The minimum absolute atomic E-state index is 0.821. The van der Waals surface area contributed by atoms with Crippen molar-refractivity contribution >= 4 is 11.8 Å². The predicted molar refractivity (Wildman–Crippen MR) is 51.3 cm³/mol. The first-order chi connectivity index (χ1) is 4.66. The zero-order chi connectivity index (χ0) is 7.98. The van der Waals surface area contributed by atoms with Crippen LogP contribution in [0.5, 0.6) is 0 Å². The summed E-state index contributed by atoms with van der Waals surface area (Å²) in [6.45, 7) is 10.7. The van der Waals surface area contributed by atoms with Crippen molar-refractivity contribution in [3.05, 3.63) is 6.92 Å². The summed E-state index contributed by atoms with van der Waals surface area (Å²) in [7, 11) is 0. The van der Waals surface area contributed by atoms with E-state index in [9.17, 15) is 0 Å². The molecule has 0 aromatic heterocycles. The third kappa shape index (κ3) is 6.47. The zero-order valence-electron chi connectivity index (χ0n) is 7.39. The third-order valence-corrected chi connectivity index (χ3v) is 2.64. The Kier molecular flexibility index (Phi) is 6.30. The molecule has 0 amide bonds. The van der Waals surface area contributed by atoms with Gasteiger partial charge in [-0.3, -0.25) is 0 Å². The summed E-state index contributed by atoms with van der Waals surface area (Å²) in [5.74, 6) is 2.06. The van der Waals surface area contributed by atoms with Crippen LogP contribution in [-0.4, -0.2) is 11.0 Å². The van der Waals surface area contributed by atoms with Crippen LogP contribution < -0.4 is 0 Å². The van der Waals surface area contributed by atoms with Crippen LogP contribution in [0.25, 0.3) is 0 Å². The molecule has 0 heterocycles. The molecule has 0 aliphatic rings. The highest BCUT2D eigenvalue weighted by Crippen LogP contribution is 2.18. The Morgan fingerprint density at radius 1 is 1.30 bits per heavy atom. The lowest BCUT2D eigenvalue weighted by Gasteiger charge is -2.12. The molecule has 0 aromatic rings. The third-order valence-electron chi connectivity index (χ3n) is 1.35. The van der Waals surface area contributed by atoms with Crippen LogP contribution >= 0.6 is 11.8 Å². The fraction of sp³-hybridized carbons (Fsp3) is 0.889. The monoisotopic (exact) mass is 159 g/mol. The van der Waals surface area contributed by atoms with E-state index >= 15 is 0 Å². The number of rotatable bonds is 5. The second-order valence-electron chi connectivity index (χ2n) is 3.16. The lowest BCUT2D eigenvalue weighted by Crippen LogP contribution is -2.01. The standard InChI is InChI=1S/C9H19S/c1-5-6-10-9(4)7-8(2)3/h8-9H,1,5-7H2,2-4H3. The fourth-order valence-electron chi connectivity index (χ4n) is 1.02. The summed E-state index contributed by atoms with van der Waals surface area (Å²) in [5.41, 5.74) is 0. The second kappa shape index (κ2) is 6.09. The van der Waals surface area contributed by atoms with Crippen molar-refractivity contribution in [2.45, 2.75) is 38.9 Å². The van der Waals surface area contributed by atoms with E-state index in [2.05, 4.69) is 27.7 Å². The van der Waals surface area contributed by atoms with Crippen molar-refractivity contribution in [3.63, 3.8) is 0 Å². The molecule has 1 heteroatoms. The summed E-state index contributed by atoms with van der Waals surface area (Å²) >= 11 is 2.04. The van der Waals surface area contributed by atoms with Gasteiger partial charge in [-0.2, -0.15) is 11.8 Å². The van der Waals surface area contributed by atoms with E-state index in [0.29, 0.717) is 0 Å². The van der Waals surface area contributed by atoms with Gasteiger partial charge in [-0.25, -0.2) is 0 Å². The molecule has 10 heavy (non-hydrogen) atoms. The van der Waals surface area contributed by atoms with Gasteiger partial charge in [0.2, 0.25) is 0 Å². The molecule has 0 fully saturated rings. The summed E-state index contributed by atoms with van der Waals surface area (Å²) in [6, 6.07) is 0. The lowest BCUT2D eigenvalue weighted by atomic mass is 10.1. The fourth-order valence-corrected chi connectivity index (χ4v) is 2.11. The van der Waals surface area contributed by atoms with Gasteiger partial charge >= 0.3 is 0 Å². The highest BCUT2D eigenvalue weighted by atomic mass is 32.2. The summed E-state index contributed by atoms with van der Waals surface area (Å²) < 4.78 is 0. The maximum atomic E-state index is 3.82. The van der Waals surface area contributed by atoms with Gasteiger partial charge in [0.25, 0.3) is 0 Å². The molecule has 0 N–H and O–H groups in total. The van der Waals surface area contributed by atoms with Gasteiger partial charge in [-0.05, 0) is 24.5 Å². The van der Waals surface area contributed by atoms with Crippen LogP contribution in [0.3, 0.4) is 0 Å². The molecule has 0 aromatic carbocycles.